The third-order valence-electron chi connectivity index (χ3n) is 2.83. The third kappa shape index (κ3) is 8.32. The second kappa shape index (κ2) is 9.37. The Hall–Kier alpha value is -1.59. The Balaban J connectivity index is 2.17. The fourth-order valence-electron chi connectivity index (χ4n) is 1.70. The lowest BCUT2D eigenvalue weighted by Gasteiger charge is -2.10. The fourth-order valence-corrected chi connectivity index (χ4v) is 1.82. The van der Waals surface area contributed by atoms with Crippen LogP contribution in [0.4, 0.5) is 0 Å². The van der Waals surface area contributed by atoms with Crippen LogP contribution >= 0.6 is 11.6 Å². The van der Waals surface area contributed by atoms with Crippen LogP contribution in [-0.4, -0.2) is 43.9 Å². The molecule has 0 aliphatic rings. The van der Waals surface area contributed by atoms with E-state index in [1.807, 2.05) is 31.1 Å². The molecule has 0 fully saturated rings. The molecule has 0 saturated carbocycles. The predicted octanol–water partition coefficient (Wildman–Crippen LogP) is 1.41. The summed E-state index contributed by atoms with van der Waals surface area (Å²) in [6, 6.07) is 7.20. The van der Waals surface area contributed by atoms with E-state index in [9.17, 15) is 9.59 Å². The van der Waals surface area contributed by atoms with Gasteiger partial charge in [0.2, 0.25) is 11.8 Å². The van der Waals surface area contributed by atoms with Crippen LogP contribution in [0.1, 0.15) is 18.4 Å². The van der Waals surface area contributed by atoms with Crippen LogP contribution < -0.4 is 10.6 Å². The monoisotopic (exact) mass is 311 g/mol. The minimum atomic E-state index is -0.282. The zero-order valence-corrected chi connectivity index (χ0v) is 13.2. The minimum absolute atomic E-state index is 0.143. The van der Waals surface area contributed by atoms with Gasteiger partial charge in [-0.3, -0.25) is 9.59 Å². The van der Waals surface area contributed by atoms with Crippen LogP contribution in [0.5, 0.6) is 0 Å². The Morgan fingerprint density at radius 3 is 2.33 bits per heavy atom. The van der Waals surface area contributed by atoms with Gasteiger partial charge in [0.25, 0.3) is 0 Å². The molecule has 0 radical (unpaired) electrons. The normalized spacial score (nSPS) is 10.5. The summed E-state index contributed by atoms with van der Waals surface area (Å²) >= 11 is 5.78. The molecule has 0 bridgehead atoms. The number of rotatable bonds is 8. The lowest BCUT2D eigenvalue weighted by Crippen LogP contribution is -2.33. The number of nitrogens with zero attached hydrogens (tertiary/aromatic N) is 1. The van der Waals surface area contributed by atoms with E-state index in [1.54, 1.807) is 12.1 Å². The zero-order valence-electron chi connectivity index (χ0n) is 12.5. The van der Waals surface area contributed by atoms with Gasteiger partial charge in [0.05, 0.1) is 0 Å². The number of benzene rings is 1. The SMILES string of the molecule is CN(C)CCCNC(=O)CC(=O)NCc1ccc(Cl)cc1. The van der Waals surface area contributed by atoms with Crippen LogP contribution in [0.2, 0.25) is 5.02 Å². The lowest BCUT2D eigenvalue weighted by molar-refractivity contribution is -0.129. The second-order valence-corrected chi connectivity index (χ2v) is 5.52. The van der Waals surface area contributed by atoms with Gasteiger partial charge in [-0.15, -0.1) is 0 Å². The Morgan fingerprint density at radius 2 is 1.71 bits per heavy atom. The van der Waals surface area contributed by atoms with Crippen molar-refractivity contribution >= 4 is 23.4 Å². The Kier molecular flexibility index (Phi) is 7.79. The molecule has 6 heteroatoms. The molecule has 2 amide bonds. The molecule has 21 heavy (non-hydrogen) atoms. The largest absolute Gasteiger partial charge is 0.356 e. The minimum Gasteiger partial charge on any atom is -0.356 e. The fraction of sp³-hybridized carbons (Fsp3) is 0.467. The molecule has 0 aliphatic carbocycles. The van der Waals surface area contributed by atoms with Crippen molar-refractivity contribution in [2.24, 2.45) is 0 Å². The molecule has 0 aliphatic heterocycles. The van der Waals surface area contributed by atoms with Crippen molar-refractivity contribution in [1.82, 2.24) is 15.5 Å². The first-order chi connectivity index (χ1) is 9.97. The molecular formula is C15H22ClN3O2. The van der Waals surface area contributed by atoms with Crippen molar-refractivity contribution in [2.75, 3.05) is 27.2 Å². The summed E-state index contributed by atoms with van der Waals surface area (Å²) in [6.45, 7) is 1.88. The Labute approximate surface area is 130 Å². The summed E-state index contributed by atoms with van der Waals surface area (Å²) < 4.78 is 0. The first kappa shape index (κ1) is 17.5. The highest BCUT2D eigenvalue weighted by Gasteiger charge is 2.08. The van der Waals surface area contributed by atoms with Crippen molar-refractivity contribution < 1.29 is 9.59 Å². The number of nitrogens with one attached hydrogen (secondary N) is 2. The second-order valence-electron chi connectivity index (χ2n) is 5.09. The maximum absolute atomic E-state index is 11.6. The number of halogens is 1. The van der Waals surface area contributed by atoms with Crippen LogP contribution in [0, 0.1) is 0 Å². The van der Waals surface area contributed by atoms with Gasteiger partial charge in [-0.2, -0.15) is 0 Å². The van der Waals surface area contributed by atoms with E-state index < -0.39 is 0 Å². The van der Waals surface area contributed by atoms with E-state index in [1.165, 1.54) is 0 Å². The average Bonchev–Trinajstić information content (AvgIpc) is 2.43. The molecule has 1 aromatic carbocycles. The average molecular weight is 312 g/mol. The van der Waals surface area contributed by atoms with Gasteiger partial charge in [0.1, 0.15) is 6.42 Å². The van der Waals surface area contributed by atoms with Crippen molar-refractivity contribution in [3.8, 4) is 0 Å². The molecule has 0 atom stereocenters. The predicted molar refractivity (Wildman–Crippen MR) is 84.1 cm³/mol. The van der Waals surface area contributed by atoms with E-state index in [2.05, 4.69) is 10.6 Å². The number of carbonyl (C=O) groups excluding carboxylic acids is 2. The molecule has 0 aromatic heterocycles. The highest BCUT2D eigenvalue weighted by Crippen LogP contribution is 2.09. The van der Waals surface area contributed by atoms with Crippen molar-refractivity contribution in [3.63, 3.8) is 0 Å². The van der Waals surface area contributed by atoms with Crippen LogP contribution in [0.25, 0.3) is 0 Å². The lowest BCUT2D eigenvalue weighted by atomic mass is 10.2. The molecule has 5 nitrogen and oxygen atoms in total. The molecule has 0 heterocycles. The van der Waals surface area contributed by atoms with Crippen LogP contribution in [-0.2, 0) is 16.1 Å². The number of amides is 2. The zero-order chi connectivity index (χ0) is 15.7. The summed E-state index contributed by atoms with van der Waals surface area (Å²) in [5, 5.41) is 6.09. The van der Waals surface area contributed by atoms with E-state index in [4.69, 9.17) is 11.6 Å². The smallest absolute Gasteiger partial charge is 0.229 e. The van der Waals surface area contributed by atoms with Crippen molar-refractivity contribution in [3.05, 3.63) is 34.9 Å². The van der Waals surface area contributed by atoms with E-state index in [0.29, 0.717) is 18.1 Å². The van der Waals surface area contributed by atoms with Gasteiger partial charge in [-0.1, -0.05) is 23.7 Å². The van der Waals surface area contributed by atoms with Gasteiger partial charge in [0.15, 0.2) is 0 Å². The molecule has 116 valence electrons. The summed E-state index contributed by atoms with van der Waals surface area (Å²) in [7, 11) is 3.96. The van der Waals surface area contributed by atoms with Gasteiger partial charge >= 0.3 is 0 Å². The molecule has 1 rings (SSSR count). The Bertz CT molecular complexity index is 460. The molecule has 2 N–H and O–H groups in total. The molecular weight excluding hydrogens is 290 g/mol. The summed E-state index contributed by atoms with van der Waals surface area (Å²) in [6.07, 6.45) is 0.723. The number of hydrogen-bond acceptors (Lipinski definition) is 3. The van der Waals surface area contributed by atoms with Gasteiger partial charge in [-0.05, 0) is 44.8 Å². The highest BCUT2D eigenvalue weighted by atomic mass is 35.5. The first-order valence-corrected chi connectivity index (χ1v) is 7.27. The molecule has 0 unspecified atom stereocenters. The molecule has 0 spiro atoms. The quantitative estimate of drug-likeness (QED) is 0.564. The highest BCUT2D eigenvalue weighted by molar-refractivity contribution is 6.30. The summed E-state index contributed by atoms with van der Waals surface area (Å²) in [5.74, 6) is -0.530. The topological polar surface area (TPSA) is 61.4 Å². The van der Waals surface area contributed by atoms with E-state index in [0.717, 1.165) is 18.5 Å². The molecule has 0 saturated heterocycles. The maximum atomic E-state index is 11.6. The standard InChI is InChI=1S/C15H22ClN3O2/c1-19(2)9-3-8-17-14(20)10-15(21)18-11-12-4-6-13(16)7-5-12/h4-7H,3,8-11H2,1-2H3,(H,17,20)(H,18,21). The van der Waals surface area contributed by atoms with Crippen molar-refractivity contribution in [2.45, 2.75) is 19.4 Å². The third-order valence-corrected chi connectivity index (χ3v) is 3.08. The van der Waals surface area contributed by atoms with Gasteiger partial charge < -0.3 is 15.5 Å². The summed E-state index contributed by atoms with van der Waals surface area (Å²) in [4.78, 5) is 25.2. The molecule has 1 aromatic rings. The van der Waals surface area contributed by atoms with E-state index >= 15 is 0 Å². The summed E-state index contributed by atoms with van der Waals surface area (Å²) in [5.41, 5.74) is 0.944. The van der Waals surface area contributed by atoms with Crippen LogP contribution in [0.15, 0.2) is 24.3 Å². The first-order valence-electron chi connectivity index (χ1n) is 6.90. The van der Waals surface area contributed by atoms with Gasteiger partial charge in [-0.25, -0.2) is 0 Å². The van der Waals surface area contributed by atoms with Crippen molar-refractivity contribution in [1.29, 1.82) is 0 Å². The van der Waals surface area contributed by atoms with Crippen LogP contribution in [0.3, 0.4) is 0 Å². The Morgan fingerprint density at radius 1 is 1.10 bits per heavy atom. The maximum Gasteiger partial charge on any atom is 0.229 e. The van der Waals surface area contributed by atoms with E-state index in [-0.39, 0.29) is 18.2 Å². The number of carbonyl (C=O) groups is 2. The number of hydrogen-bond donors (Lipinski definition) is 2. The van der Waals surface area contributed by atoms with Gasteiger partial charge in [0, 0.05) is 18.1 Å².